The average Bonchev–Trinajstić information content (AvgIpc) is 2.80. The lowest BCUT2D eigenvalue weighted by Crippen LogP contribution is -2.33. The first-order chi connectivity index (χ1) is 9.69. The lowest BCUT2D eigenvalue weighted by atomic mass is 10.4. The van der Waals surface area contributed by atoms with Crippen molar-refractivity contribution in [2.75, 3.05) is 13.1 Å². The highest BCUT2D eigenvalue weighted by Crippen LogP contribution is 2.17. The number of hydrogen-bond acceptors (Lipinski definition) is 3. The Bertz CT molecular complexity index is 553. The van der Waals surface area contributed by atoms with Gasteiger partial charge >= 0.3 is 6.18 Å². The second-order valence-electron chi connectivity index (χ2n) is 4.57. The van der Waals surface area contributed by atoms with Gasteiger partial charge in [0.15, 0.2) is 0 Å². The highest BCUT2D eigenvalue weighted by Gasteiger charge is 2.30. The Morgan fingerprint density at radius 3 is 2.48 bits per heavy atom. The SMILES string of the molecule is CCCNCc1cc(S(=O)(=O)NCC(F)(F)F)cn1CC. The molecule has 1 aromatic heterocycles. The molecule has 1 heterocycles. The smallest absolute Gasteiger partial charge is 0.349 e. The first-order valence-corrected chi connectivity index (χ1v) is 8.14. The Labute approximate surface area is 122 Å². The van der Waals surface area contributed by atoms with Crippen LogP contribution in [0.1, 0.15) is 26.0 Å². The van der Waals surface area contributed by atoms with Gasteiger partial charge in [0.2, 0.25) is 10.0 Å². The molecule has 1 rings (SSSR count). The molecule has 0 amide bonds. The molecule has 0 atom stereocenters. The van der Waals surface area contributed by atoms with Crippen molar-refractivity contribution in [2.24, 2.45) is 0 Å². The summed E-state index contributed by atoms with van der Waals surface area (Å²) in [5.74, 6) is 0. The highest BCUT2D eigenvalue weighted by molar-refractivity contribution is 7.89. The first kappa shape index (κ1) is 18.0. The fraction of sp³-hybridized carbons (Fsp3) is 0.667. The van der Waals surface area contributed by atoms with Gasteiger partial charge in [0, 0.05) is 25.0 Å². The summed E-state index contributed by atoms with van der Waals surface area (Å²) in [6.07, 6.45) is -2.29. The molecule has 0 saturated heterocycles. The van der Waals surface area contributed by atoms with Gasteiger partial charge in [-0.25, -0.2) is 13.1 Å². The van der Waals surface area contributed by atoms with Gasteiger partial charge in [-0.1, -0.05) is 6.92 Å². The molecule has 0 spiro atoms. The number of nitrogens with one attached hydrogen (secondary N) is 2. The number of sulfonamides is 1. The van der Waals surface area contributed by atoms with E-state index < -0.39 is 22.7 Å². The molecule has 0 unspecified atom stereocenters. The zero-order valence-corrected chi connectivity index (χ0v) is 12.8. The van der Waals surface area contributed by atoms with Crippen LogP contribution in [-0.2, 0) is 23.1 Å². The van der Waals surface area contributed by atoms with Crippen molar-refractivity contribution >= 4 is 10.0 Å². The van der Waals surface area contributed by atoms with E-state index in [4.69, 9.17) is 0 Å². The maximum atomic E-state index is 12.1. The second kappa shape index (κ2) is 7.28. The maximum Gasteiger partial charge on any atom is 0.402 e. The molecule has 21 heavy (non-hydrogen) atoms. The summed E-state index contributed by atoms with van der Waals surface area (Å²) in [6.45, 7) is 4.05. The largest absolute Gasteiger partial charge is 0.402 e. The summed E-state index contributed by atoms with van der Waals surface area (Å²) in [4.78, 5) is -0.151. The summed E-state index contributed by atoms with van der Waals surface area (Å²) in [5, 5.41) is 3.13. The molecule has 0 saturated carbocycles. The molecule has 0 aromatic carbocycles. The van der Waals surface area contributed by atoms with E-state index >= 15 is 0 Å². The Morgan fingerprint density at radius 2 is 1.95 bits per heavy atom. The highest BCUT2D eigenvalue weighted by atomic mass is 32.2. The number of aromatic nitrogens is 1. The van der Waals surface area contributed by atoms with Crippen molar-refractivity contribution in [3.05, 3.63) is 18.0 Å². The summed E-state index contributed by atoms with van der Waals surface area (Å²) in [6, 6.07) is 1.39. The molecule has 0 radical (unpaired) electrons. The van der Waals surface area contributed by atoms with Crippen LogP contribution < -0.4 is 10.0 Å². The third-order valence-corrected chi connectivity index (χ3v) is 4.18. The summed E-state index contributed by atoms with van der Waals surface area (Å²) < 4.78 is 63.3. The molecule has 9 heteroatoms. The quantitative estimate of drug-likeness (QED) is 0.716. The Hall–Kier alpha value is -1.06. The maximum absolute atomic E-state index is 12.1. The van der Waals surface area contributed by atoms with Gasteiger partial charge < -0.3 is 9.88 Å². The molecule has 0 fully saturated rings. The molecule has 0 aliphatic carbocycles. The van der Waals surface area contributed by atoms with Crippen molar-refractivity contribution in [3.8, 4) is 0 Å². The fourth-order valence-corrected chi connectivity index (χ4v) is 2.85. The van der Waals surface area contributed by atoms with E-state index in [2.05, 4.69) is 5.32 Å². The molecule has 1 aromatic rings. The molecule has 2 N–H and O–H groups in total. The van der Waals surface area contributed by atoms with Gasteiger partial charge in [-0.05, 0) is 26.0 Å². The van der Waals surface area contributed by atoms with Crippen LogP contribution in [0.15, 0.2) is 17.2 Å². The molecule has 0 bridgehead atoms. The van der Waals surface area contributed by atoms with Crippen LogP contribution in [0.4, 0.5) is 13.2 Å². The van der Waals surface area contributed by atoms with Gasteiger partial charge in [0.1, 0.15) is 6.54 Å². The van der Waals surface area contributed by atoms with Crippen LogP contribution in [-0.4, -0.2) is 32.3 Å². The Kier molecular flexibility index (Phi) is 6.24. The number of hydrogen-bond donors (Lipinski definition) is 2. The monoisotopic (exact) mass is 327 g/mol. The first-order valence-electron chi connectivity index (χ1n) is 6.65. The third kappa shape index (κ3) is 5.68. The molecule has 0 aliphatic heterocycles. The topological polar surface area (TPSA) is 63.1 Å². The van der Waals surface area contributed by atoms with Crippen molar-refractivity contribution in [1.29, 1.82) is 0 Å². The van der Waals surface area contributed by atoms with Gasteiger partial charge in [0.25, 0.3) is 0 Å². The summed E-state index contributed by atoms with van der Waals surface area (Å²) in [7, 11) is -4.15. The number of aryl methyl sites for hydroxylation is 1. The van der Waals surface area contributed by atoms with Crippen LogP contribution in [0.3, 0.4) is 0 Å². The standard InChI is InChI=1S/C12H20F3N3O2S/c1-3-5-16-7-10-6-11(8-18(10)4-2)21(19,20)17-9-12(13,14)15/h6,8,16-17H,3-5,7,9H2,1-2H3. The minimum absolute atomic E-state index is 0.151. The second-order valence-corrected chi connectivity index (χ2v) is 6.34. The lowest BCUT2D eigenvalue weighted by Gasteiger charge is -2.07. The Morgan fingerprint density at radius 1 is 1.29 bits per heavy atom. The van der Waals surface area contributed by atoms with Crippen molar-refractivity contribution in [3.63, 3.8) is 0 Å². The van der Waals surface area contributed by atoms with Crippen LogP contribution in [0, 0.1) is 0 Å². The van der Waals surface area contributed by atoms with Crippen molar-refractivity contribution in [2.45, 2.75) is 44.4 Å². The van der Waals surface area contributed by atoms with Crippen LogP contribution in [0.25, 0.3) is 0 Å². The Balaban J connectivity index is 2.87. The molecule has 122 valence electrons. The zero-order chi connectivity index (χ0) is 16.1. The third-order valence-electron chi connectivity index (χ3n) is 2.81. The molecule has 5 nitrogen and oxygen atoms in total. The fourth-order valence-electron chi connectivity index (χ4n) is 1.77. The summed E-state index contributed by atoms with van der Waals surface area (Å²) >= 11 is 0. The van der Waals surface area contributed by atoms with E-state index in [0.717, 1.165) is 18.7 Å². The number of halogens is 3. The van der Waals surface area contributed by atoms with Crippen LogP contribution in [0.5, 0.6) is 0 Å². The van der Waals surface area contributed by atoms with Crippen LogP contribution >= 0.6 is 0 Å². The van der Waals surface area contributed by atoms with Gasteiger partial charge in [-0.3, -0.25) is 0 Å². The predicted molar refractivity (Wildman–Crippen MR) is 73.3 cm³/mol. The molecular formula is C12H20F3N3O2S. The van der Waals surface area contributed by atoms with E-state index in [1.165, 1.54) is 12.3 Å². The zero-order valence-electron chi connectivity index (χ0n) is 12.0. The van der Waals surface area contributed by atoms with Crippen molar-refractivity contribution < 1.29 is 21.6 Å². The minimum Gasteiger partial charge on any atom is -0.349 e. The van der Waals surface area contributed by atoms with E-state index in [-0.39, 0.29) is 4.90 Å². The molecular weight excluding hydrogens is 307 g/mol. The van der Waals surface area contributed by atoms with Gasteiger partial charge in [-0.15, -0.1) is 0 Å². The van der Waals surface area contributed by atoms with Gasteiger partial charge in [-0.2, -0.15) is 13.2 Å². The van der Waals surface area contributed by atoms with Gasteiger partial charge in [0.05, 0.1) is 4.90 Å². The van der Waals surface area contributed by atoms with E-state index in [0.29, 0.717) is 13.1 Å². The molecule has 0 aliphatic rings. The van der Waals surface area contributed by atoms with E-state index in [1.807, 2.05) is 13.8 Å². The lowest BCUT2D eigenvalue weighted by molar-refractivity contribution is -0.121. The van der Waals surface area contributed by atoms with Crippen LogP contribution in [0.2, 0.25) is 0 Å². The van der Waals surface area contributed by atoms with Crippen molar-refractivity contribution in [1.82, 2.24) is 14.6 Å². The average molecular weight is 327 g/mol. The normalized spacial score (nSPS) is 12.8. The van der Waals surface area contributed by atoms with E-state index in [1.54, 1.807) is 9.29 Å². The number of rotatable bonds is 8. The number of alkyl halides is 3. The summed E-state index contributed by atoms with van der Waals surface area (Å²) in [5.41, 5.74) is 0.721. The van der Waals surface area contributed by atoms with E-state index in [9.17, 15) is 21.6 Å². The number of nitrogens with zero attached hydrogens (tertiary/aromatic N) is 1. The predicted octanol–water partition coefficient (Wildman–Crippen LogP) is 1.85. The minimum atomic E-state index is -4.58.